The summed E-state index contributed by atoms with van der Waals surface area (Å²) in [6.07, 6.45) is 0.917. The summed E-state index contributed by atoms with van der Waals surface area (Å²) in [5, 5.41) is 10.9. The quantitative estimate of drug-likeness (QED) is 0.513. The second-order valence-electron chi connectivity index (χ2n) is 9.46. The minimum absolute atomic E-state index is 0.0330. The molecule has 35 heavy (non-hydrogen) atoms. The molecule has 0 saturated carbocycles. The number of amides is 1. The van der Waals surface area contributed by atoms with Crippen molar-refractivity contribution in [2.75, 3.05) is 46.0 Å². The number of aliphatic hydroxyl groups is 1. The largest absolute Gasteiger partial charge is 0.503 e. The van der Waals surface area contributed by atoms with Gasteiger partial charge in [-0.1, -0.05) is 26.0 Å². The Hall–Kier alpha value is -3.10. The molecular weight excluding hydrogens is 448 g/mol. The van der Waals surface area contributed by atoms with Gasteiger partial charge in [0.1, 0.15) is 11.5 Å². The standard InChI is InChI=1S/C27H34N2O6/c1-18(2)9-14-34-21-6-4-5-20(17-21)24-23(25(30)22-8-7-19(3)35-22)26(31)27(32)29(24)11-10-28-12-15-33-16-13-28/h4-8,17-18,24,31H,9-16H2,1-3H3. The third-order valence-corrected chi connectivity index (χ3v) is 6.41. The summed E-state index contributed by atoms with van der Waals surface area (Å²) in [6.45, 7) is 10.4. The van der Waals surface area contributed by atoms with E-state index in [-0.39, 0.29) is 11.3 Å². The minimum Gasteiger partial charge on any atom is -0.503 e. The van der Waals surface area contributed by atoms with Gasteiger partial charge in [0.15, 0.2) is 11.5 Å². The first-order valence-electron chi connectivity index (χ1n) is 12.2. The van der Waals surface area contributed by atoms with Crippen LogP contribution in [0.25, 0.3) is 0 Å². The number of carbonyl (C=O) groups excluding carboxylic acids is 2. The van der Waals surface area contributed by atoms with E-state index in [1.54, 1.807) is 24.0 Å². The van der Waals surface area contributed by atoms with Crippen LogP contribution in [-0.2, 0) is 9.53 Å². The van der Waals surface area contributed by atoms with Crippen LogP contribution in [0.5, 0.6) is 5.75 Å². The SMILES string of the molecule is Cc1ccc(C(=O)C2=C(O)C(=O)N(CCN3CCOCC3)C2c2cccc(OCCC(C)C)c2)o1. The molecule has 0 aliphatic carbocycles. The smallest absolute Gasteiger partial charge is 0.290 e. The molecule has 3 heterocycles. The van der Waals surface area contributed by atoms with Gasteiger partial charge in [-0.2, -0.15) is 0 Å². The number of ether oxygens (including phenoxy) is 2. The number of Topliss-reactive ketones (excluding diaryl/α,β-unsaturated/α-hetero) is 1. The van der Waals surface area contributed by atoms with E-state index in [1.165, 1.54) is 0 Å². The van der Waals surface area contributed by atoms with Crippen molar-refractivity contribution in [3.05, 3.63) is 64.8 Å². The Kier molecular flexibility index (Phi) is 7.93. The number of ketones is 1. The van der Waals surface area contributed by atoms with Crippen LogP contribution in [0.4, 0.5) is 0 Å². The summed E-state index contributed by atoms with van der Waals surface area (Å²) in [7, 11) is 0. The number of hydrogen-bond donors (Lipinski definition) is 1. The molecule has 1 N–H and O–H groups in total. The molecule has 0 spiro atoms. The Morgan fingerprint density at radius 2 is 1.94 bits per heavy atom. The second-order valence-corrected chi connectivity index (χ2v) is 9.46. The lowest BCUT2D eigenvalue weighted by atomic mass is 9.95. The van der Waals surface area contributed by atoms with Crippen molar-refractivity contribution in [1.82, 2.24) is 9.80 Å². The van der Waals surface area contributed by atoms with Gasteiger partial charge in [-0.05, 0) is 49.1 Å². The molecule has 1 aromatic heterocycles. The molecular formula is C27H34N2O6. The Bertz CT molecular complexity index is 1080. The number of rotatable bonds is 10. The molecule has 2 aliphatic rings. The van der Waals surface area contributed by atoms with Crippen molar-refractivity contribution in [3.63, 3.8) is 0 Å². The number of hydrogen-bond acceptors (Lipinski definition) is 7. The fourth-order valence-electron chi connectivity index (χ4n) is 4.41. The Balaban J connectivity index is 1.64. The van der Waals surface area contributed by atoms with Gasteiger partial charge in [0.05, 0.1) is 31.4 Å². The fraction of sp³-hybridized carbons (Fsp3) is 0.481. The highest BCUT2D eigenvalue weighted by Crippen LogP contribution is 2.40. The lowest BCUT2D eigenvalue weighted by Crippen LogP contribution is -2.43. The zero-order valence-corrected chi connectivity index (χ0v) is 20.7. The van der Waals surface area contributed by atoms with Gasteiger partial charge >= 0.3 is 0 Å². The molecule has 8 heteroatoms. The maximum Gasteiger partial charge on any atom is 0.290 e. The average molecular weight is 483 g/mol. The van der Waals surface area contributed by atoms with Gasteiger partial charge in [-0.25, -0.2) is 0 Å². The fourth-order valence-corrected chi connectivity index (χ4v) is 4.41. The Morgan fingerprint density at radius 1 is 1.17 bits per heavy atom. The van der Waals surface area contributed by atoms with Crippen molar-refractivity contribution >= 4 is 11.7 Å². The number of furan rings is 1. The van der Waals surface area contributed by atoms with E-state index >= 15 is 0 Å². The maximum absolute atomic E-state index is 13.4. The minimum atomic E-state index is -0.741. The lowest BCUT2D eigenvalue weighted by Gasteiger charge is -2.31. The predicted octanol–water partition coefficient (Wildman–Crippen LogP) is 3.92. The predicted molar refractivity (Wildman–Crippen MR) is 131 cm³/mol. The van der Waals surface area contributed by atoms with Crippen LogP contribution in [0, 0.1) is 12.8 Å². The topological polar surface area (TPSA) is 92.5 Å². The molecule has 1 aromatic carbocycles. The summed E-state index contributed by atoms with van der Waals surface area (Å²) in [6, 6.07) is 9.93. The lowest BCUT2D eigenvalue weighted by molar-refractivity contribution is -0.129. The molecule has 1 fully saturated rings. The summed E-state index contributed by atoms with van der Waals surface area (Å²) in [5.41, 5.74) is 0.740. The molecule has 2 aliphatic heterocycles. The first kappa shape index (κ1) is 25.0. The number of morpholine rings is 1. The van der Waals surface area contributed by atoms with Gasteiger partial charge < -0.3 is 23.9 Å². The molecule has 1 unspecified atom stereocenters. The van der Waals surface area contributed by atoms with E-state index in [0.717, 1.165) is 19.5 Å². The van der Waals surface area contributed by atoms with Crippen LogP contribution in [0.15, 0.2) is 52.1 Å². The highest BCUT2D eigenvalue weighted by atomic mass is 16.5. The Morgan fingerprint density at radius 3 is 2.63 bits per heavy atom. The molecule has 0 radical (unpaired) electrons. The van der Waals surface area contributed by atoms with Crippen LogP contribution in [0.2, 0.25) is 0 Å². The number of nitrogens with zero attached hydrogens (tertiary/aromatic N) is 2. The van der Waals surface area contributed by atoms with Crippen LogP contribution in [-0.4, -0.2) is 72.6 Å². The molecule has 188 valence electrons. The normalized spacial score (nSPS) is 19.1. The van der Waals surface area contributed by atoms with Gasteiger partial charge in [0, 0.05) is 26.2 Å². The van der Waals surface area contributed by atoms with E-state index in [9.17, 15) is 14.7 Å². The summed E-state index contributed by atoms with van der Waals surface area (Å²) < 4.78 is 16.9. The molecule has 4 rings (SSSR count). The highest BCUT2D eigenvalue weighted by Gasteiger charge is 2.44. The van der Waals surface area contributed by atoms with Crippen molar-refractivity contribution in [1.29, 1.82) is 0 Å². The molecule has 0 bridgehead atoms. The third-order valence-electron chi connectivity index (χ3n) is 6.41. The third kappa shape index (κ3) is 5.77. The molecule has 1 saturated heterocycles. The van der Waals surface area contributed by atoms with Crippen molar-refractivity contribution < 1.29 is 28.6 Å². The van der Waals surface area contributed by atoms with E-state index in [1.807, 2.05) is 24.3 Å². The second kappa shape index (κ2) is 11.1. The van der Waals surface area contributed by atoms with Gasteiger partial charge in [0.25, 0.3) is 5.91 Å². The van der Waals surface area contributed by atoms with Crippen molar-refractivity contribution in [3.8, 4) is 5.75 Å². The van der Waals surface area contributed by atoms with Gasteiger partial charge in [-0.3, -0.25) is 14.5 Å². The average Bonchev–Trinajstić information content (AvgIpc) is 3.39. The zero-order chi connectivity index (χ0) is 24.9. The van der Waals surface area contributed by atoms with Crippen molar-refractivity contribution in [2.24, 2.45) is 5.92 Å². The van der Waals surface area contributed by atoms with E-state index in [0.29, 0.717) is 55.9 Å². The van der Waals surface area contributed by atoms with Crippen LogP contribution < -0.4 is 4.74 Å². The molecule has 2 aromatic rings. The van der Waals surface area contributed by atoms with Crippen LogP contribution in [0.3, 0.4) is 0 Å². The molecule has 8 nitrogen and oxygen atoms in total. The molecule has 1 amide bonds. The first-order valence-corrected chi connectivity index (χ1v) is 12.2. The zero-order valence-electron chi connectivity index (χ0n) is 20.7. The highest BCUT2D eigenvalue weighted by molar-refractivity contribution is 6.15. The van der Waals surface area contributed by atoms with E-state index in [4.69, 9.17) is 13.9 Å². The first-order chi connectivity index (χ1) is 16.8. The summed E-state index contributed by atoms with van der Waals surface area (Å²) in [4.78, 5) is 30.4. The van der Waals surface area contributed by atoms with Gasteiger partial charge in [-0.15, -0.1) is 0 Å². The molecule has 1 atom stereocenters. The monoisotopic (exact) mass is 482 g/mol. The number of benzene rings is 1. The maximum atomic E-state index is 13.4. The number of carbonyl (C=O) groups is 2. The number of aliphatic hydroxyl groups excluding tert-OH is 1. The Labute approximate surface area is 206 Å². The summed E-state index contributed by atoms with van der Waals surface area (Å²) >= 11 is 0. The van der Waals surface area contributed by atoms with Gasteiger partial charge in [0.2, 0.25) is 5.78 Å². The van der Waals surface area contributed by atoms with Crippen molar-refractivity contribution in [2.45, 2.75) is 33.2 Å². The van der Waals surface area contributed by atoms with Crippen LogP contribution >= 0.6 is 0 Å². The summed E-state index contributed by atoms with van der Waals surface area (Å²) in [5.74, 6) is 0.287. The number of aryl methyl sites for hydroxylation is 1. The van der Waals surface area contributed by atoms with Crippen LogP contribution in [0.1, 0.15) is 48.2 Å². The van der Waals surface area contributed by atoms with E-state index in [2.05, 4.69) is 18.7 Å². The van der Waals surface area contributed by atoms with E-state index < -0.39 is 23.5 Å².